The first-order valence-electron chi connectivity index (χ1n) is 8.21. The molecule has 6 nitrogen and oxygen atoms in total. The monoisotopic (exact) mass is 329 g/mol. The van der Waals surface area contributed by atoms with Crippen LogP contribution in [0.1, 0.15) is 34.0 Å². The number of hydrogen-bond donors (Lipinski definition) is 2. The van der Waals surface area contributed by atoms with E-state index in [1.165, 1.54) is 0 Å². The average Bonchev–Trinajstić information content (AvgIpc) is 2.89. The van der Waals surface area contributed by atoms with Crippen LogP contribution in [0.25, 0.3) is 0 Å². The first kappa shape index (κ1) is 16.7. The van der Waals surface area contributed by atoms with E-state index in [9.17, 15) is 9.90 Å². The van der Waals surface area contributed by atoms with Crippen molar-refractivity contribution < 1.29 is 14.3 Å². The van der Waals surface area contributed by atoms with E-state index in [0.29, 0.717) is 36.6 Å². The van der Waals surface area contributed by atoms with Crippen LogP contribution in [0, 0.1) is 13.8 Å². The molecule has 1 aliphatic rings. The molecule has 24 heavy (non-hydrogen) atoms. The number of carbonyl (C=O) groups excluding carboxylic acids is 1. The molecule has 0 bridgehead atoms. The molecule has 2 aromatic rings. The Kier molecular flexibility index (Phi) is 4.97. The van der Waals surface area contributed by atoms with Gasteiger partial charge in [-0.15, -0.1) is 0 Å². The van der Waals surface area contributed by atoms with Crippen molar-refractivity contribution in [1.82, 2.24) is 15.2 Å². The van der Waals surface area contributed by atoms with Crippen LogP contribution in [0.2, 0.25) is 0 Å². The second kappa shape index (κ2) is 7.15. The van der Waals surface area contributed by atoms with Gasteiger partial charge in [-0.25, -0.2) is 0 Å². The van der Waals surface area contributed by atoms with Gasteiger partial charge < -0.3 is 14.8 Å². The van der Waals surface area contributed by atoms with E-state index in [1.54, 1.807) is 19.2 Å². The number of aromatic nitrogens is 1. The summed E-state index contributed by atoms with van der Waals surface area (Å²) < 4.78 is 5.40. The highest BCUT2D eigenvalue weighted by atomic mass is 16.3. The van der Waals surface area contributed by atoms with Crippen LogP contribution >= 0.6 is 0 Å². The van der Waals surface area contributed by atoms with Crippen molar-refractivity contribution in [2.75, 3.05) is 13.1 Å². The number of β-amino-alcohol motifs (C(OH)–C–C–N with tert-alkyl or cyclic N) is 1. The molecule has 1 saturated heterocycles. The number of hydrogen-bond acceptors (Lipinski definition) is 5. The van der Waals surface area contributed by atoms with Gasteiger partial charge in [-0.05, 0) is 38.5 Å². The molecule has 128 valence electrons. The molecule has 0 aromatic carbocycles. The third kappa shape index (κ3) is 3.83. The zero-order chi connectivity index (χ0) is 17.1. The number of likely N-dealkylation sites (tertiary alicyclic amines) is 1. The molecule has 1 fully saturated rings. The molecule has 0 spiro atoms. The number of rotatable bonds is 4. The Hall–Kier alpha value is -2.18. The van der Waals surface area contributed by atoms with Gasteiger partial charge in [-0.1, -0.05) is 6.07 Å². The first-order chi connectivity index (χ1) is 11.5. The maximum absolute atomic E-state index is 12.4. The predicted molar refractivity (Wildman–Crippen MR) is 89.6 cm³/mol. The Bertz CT molecular complexity index is 699. The molecule has 3 heterocycles. The summed E-state index contributed by atoms with van der Waals surface area (Å²) in [6, 6.07) is 7.31. The summed E-state index contributed by atoms with van der Waals surface area (Å²) in [5, 5.41) is 13.3. The molecule has 2 N–H and O–H groups in total. The van der Waals surface area contributed by atoms with E-state index in [1.807, 2.05) is 25.1 Å². The van der Waals surface area contributed by atoms with Gasteiger partial charge in [0.15, 0.2) is 0 Å². The third-order valence-electron chi connectivity index (χ3n) is 4.38. The van der Waals surface area contributed by atoms with E-state index >= 15 is 0 Å². The lowest BCUT2D eigenvalue weighted by molar-refractivity contribution is 0.0345. The number of nitrogens with one attached hydrogen (secondary N) is 1. The minimum atomic E-state index is -0.597. The standard InChI is InChI=1S/C18H23N3O3/c1-12-9-15(13(2)24-12)18(23)20-16-6-8-21(11-17(16)22)10-14-5-3-4-7-19-14/h3-5,7,9,16-17,22H,6,8,10-11H2,1-2H3,(H,20,23)/t16-,17-/m1/s1. The summed E-state index contributed by atoms with van der Waals surface area (Å²) in [6.45, 7) is 5.62. The van der Waals surface area contributed by atoms with E-state index < -0.39 is 6.10 Å². The van der Waals surface area contributed by atoms with E-state index in [2.05, 4.69) is 15.2 Å². The minimum Gasteiger partial charge on any atom is -0.466 e. The fourth-order valence-electron chi connectivity index (χ4n) is 3.13. The van der Waals surface area contributed by atoms with E-state index in [-0.39, 0.29) is 11.9 Å². The van der Waals surface area contributed by atoms with Crippen molar-refractivity contribution in [2.45, 2.75) is 39.0 Å². The summed E-state index contributed by atoms with van der Waals surface area (Å²) in [5.74, 6) is 1.13. The van der Waals surface area contributed by atoms with Crippen molar-refractivity contribution in [2.24, 2.45) is 0 Å². The summed E-state index contributed by atoms with van der Waals surface area (Å²) in [7, 11) is 0. The molecule has 0 saturated carbocycles. The maximum atomic E-state index is 12.4. The van der Waals surface area contributed by atoms with Gasteiger partial charge in [0, 0.05) is 25.8 Å². The smallest absolute Gasteiger partial charge is 0.255 e. The molecule has 0 unspecified atom stereocenters. The van der Waals surface area contributed by atoms with Gasteiger partial charge in [-0.2, -0.15) is 0 Å². The molecule has 3 rings (SSSR count). The van der Waals surface area contributed by atoms with Crippen LogP contribution < -0.4 is 5.32 Å². The van der Waals surface area contributed by atoms with Crippen molar-refractivity contribution in [3.8, 4) is 0 Å². The molecular formula is C18H23N3O3. The Labute approximate surface area is 141 Å². The molecule has 2 atom stereocenters. The zero-order valence-corrected chi connectivity index (χ0v) is 14.0. The summed E-state index contributed by atoms with van der Waals surface area (Å²) in [5.41, 5.74) is 1.52. The summed E-state index contributed by atoms with van der Waals surface area (Å²) in [4.78, 5) is 18.8. The van der Waals surface area contributed by atoms with Gasteiger partial charge in [0.2, 0.25) is 0 Å². The number of furan rings is 1. The van der Waals surface area contributed by atoms with Gasteiger partial charge >= 0.3 is 0 Å². The largest absolute Gasteiger partial charge is 0.466 e. The van der Waals surface area contributed by atoms with Crippen LogP contribution in [-0.4, -0.2) is 46.1 Å². The number of nitrogens with zero attached hydrogens (tertiary/aromatic N) is 2. The number of aliphatic hydroxyl groups excluding tert-OH is 1. The lowest BCUT2D eigenvalue weighted by Crippen LogP contribution is -2.53. The van der Waals surface area contributed by atoms with Gasteiger partial charge in [-0.3, -0.25) is 14.7 Å². The molecule has 6 heteroatoms. The second-order valence-electron chi connectivity index (χ2n) is 6.32. The second-order valence-corrected chi connectivity index (χ2v) is 6.32. The Balaban J connectivity index is 1.56. The van der Waals surface area contributed by atoms with Crippen molar-refractivity contribution in [1.29, 1.82) is 0 Å². The molecule has 1 amide bonds. The van der Waals surface area contributed by atoms with Crippen LogP contribution in [0.4, 0.5) is 0 Å². The first-order valence-corrected chi connectivity index (χ1v) is 8.21. The lowest BCUT2D eigenvalue weighted by Gasteiger charge is -2.36. The number of pyridine rings is 1. The lowest BCUT2D eigenvalue weighted by atomic mass is 10.0. The van der Waals surface area contributed by atoms with Crippen molar-refractivity contribution in [3.63, 3.8) is 0 Å². The Morgan fingerprint density at radius 1 is 1.46 bits per heavy atom. The van der Waals surface area contributed by atoms with Gasteiger partial charge in [0.1, 0.15) is 11.5 Å². The number of aryl methyl sites for hydroxylation is 2. The number of amides is 1. The third-order valence-corrected chi connectivity index (χ3v) is 4.38. The van der Waals surface area contributed by atoms with Crippen molar-refractivity contribution in [3.05, 3.63) is 53.2 Å². The van der Waals surface area contributed by atoms with Crippen LogP contribution in [0.3, 0.4) is 0 Å². The van der Waals surface area contributed by atoms with E-state index in [4.69, 9.17) is 4.42 Å². The number of piperidine rings is 1. The van der Waals surface area contributed by atoms with Gasteiger partial charge in [0.25, 0.3) is 5.91 Å². The molecule has 1 aliphatic heterocycles. The highest BCUT2D eigenvalue weighted by Gasteiger charge is 2.29. The predicted octanol–water partition coefficient (Wildman–Crippen LogP) is 1.66. The fourth-order valence-corrected chi connectivity index (χ4v) is 3.13. The number of carbonyl (C=O) groups is 1. The highest BCUT2D eigenvalue weighted by Crippen LogP contribution is 2.17. The van der Waals surface area contributed by atoms with Crippen molar-refractivity contribution >= 4 is 5.91 Å². The highest BCUT2D eigenvalue weighted by molar-refractivity contribution is 5.95. The van der Waals surface area contributed by atoms with Crippen LogP contribution in [-0.2, 0) is 6.54 Å². The summed E-state index contributed by atoms with van der Waals surface area (Å²) in [6.07, 6.45) is 1.88. The van der Waals surface area contributed by atoms with Crippen LogP contribution in [0.15, 0.2) is 34.9 Å². The average molecular weight is 329 g/mol. The zero-order valence-electron chi connectivity index (χ0n) is 14.0. The van der Waals surface area contributed by atoms with Crippen LogP contribution in [0.5, 0.6) is 0 Å². The Morgan fingerprint density at radius 3 is 2.92 bits per heavy atom. The van der Waals surface area contributed by atoms with E-state index in [0.717, 1.165) is 12.2 Å². The maximum Gasteiger partial charge on any atom is 0.255 e. The summed E-state index contributed by atoms with van der Waals surface area (Å²) >= 11 is 0. The SMILES string of the molecule is Cc1cc(C(=O)N[C@@H]2CCN(Cc3ccccn3)C[C@H]2O)c(C)o1. The number of aliphatic hydroxyl groups is 1. The normalized spacial score (nSPS) is 21.6. The van der Waals surface area contributed by atoms with Gasteiger partial charge in [0.05, 0.1) is 23.4 Å². The molecule has 0 radical (unpaired) electrons. The quantitative estimate of drug-likeness (QED) is 0.892. The molecule has 0 aliphatic carbocycles. The Morgan fingerprint density at radius 2 is 2.29 bits per heavy atom. The molecule has 2 aromatic heterocycles. The molecular weight excluding hydrogens is 306 g/mol. The topological polar surface area (TPSA) is 78.6 Å². The fraction of sp³-hybridized carbons (Fsp3) is 0.444. The minimum absolute atomic E-state index is 0.188.